The van der Waals surface area contributed by atoms with Crippen molar-refractivity contribution in [3.8, 4) is 35.5 Å². The first-order chi connectivity index (χ1) is 16.7. The predicted octanol–water partition coefficient (Wildman–Crippen LogP) is 5.70. The van der Waals surface area contributed by atoms with Crippen LogP contribution in [0.2, 0.25) is 0 Å². The van der Waals surface area contributed by atoms with E-state index in [0.29, 0.717) is 18.8 Å². The highest BCUT2D eigenvalue weighted by molar-refractivity contribution is 7.13. The van der Waals surface area contributed by atoms with E-state index in [1.807, 2.05) is 48.5 Å². The topological polar surface area (TPSA) is 59.3 Å². The third-order valence-electron chi connectivity index (χ3n) is 4.60. The number of esters is 1. The van der Waals surface area contributed by atoms with Gasteiger partial charge < -0.3 is 9.47 Å². The van der Waals surface area contributed by atoms with Crippen molar-refractivity contribution in [3.63, 3.8) is 0 Å². The number of rotatable bonds is 8. The van der Waals surface area contributed by atoms with Crippen LogP contribution in [0.4, 0.5) is 0 Å². The molecule has 0 aliphatic rings. The minimum absolute atomic E-state index is 0.382. The van der Waals surface area contributed by atoms with E-state index in [-0.39, 0.29) is 5.97 Å². The Balaban J connectivity index is 1.43. The van der Waals surface area contributed by atoms with Gasteiger partial charge in [-0.2, -0.15) is 5.26 Å². The minimum atomic E-state index is -0.382. The monoisotopic (exact) mass is 465 g/mol. The van der Waals surface area contributed by atoms with Gasteiger partial charge in [-0.25, -0.2) is 4.79 Å². The maximum atomic E-state index is 10.9. The van der Waals surface area contributed by atoms with Gasteiger partial charge in [0.15, 0.2) is 0 Å². The molecule has 4 nitrogen and oxygen atoms in total. The van der Waals surface area contributed by atoms with Gasteiger partial charge in [0.25, 0.3) is 0 Å². The second-order valence-electron chi connectivity index (χ2n) is 7.16. The van der Waals surface area contributed by atoms with Gasteiger partial charge in [0, 0.05) is 17.2 Å². The Morgan fingerprint density at radius 2 is 1.35 bits per heavy atom. The summed E-state index contributed by atoms with van der Waals surface area (Å²) in [6.45, 7) is 4.39. The number of nitriles is 1. The molecule has 0 saturated heterocycles. The molecule has 0 aliphatic carbocycles. The summed E-state index contributed by atoms with van der Waals surface area (Å²) < 4.78 is 10.7. The highest BCUT2D eigenvalue weighted by Crippen LogP contribution is 2.16. The number of benzene rings is 2. The molecule has 5 heteroatoms. The lowest BCUT2D eigenvalue weighted by atomic mass is 10.1. The highest BCUT2D eigenvalue weighted by Gasteiger charge is 1.98. The first-order valence-electron chi connectivity index (χ1n) is 10.8. The van der Waals surface area contributed by atoms with E-state index in [2.05, 4.69) is 36.3 Å². The zero-order chi connectivity index (χ0) is 24.0. The van der Waals surface area contributed by atoms with Gasteiger partial charge in [0.2, 0.25) is 0 Å². The molecule has 0 aliphatic heterocycles. The van der Waals surface area contributed by atoms with Crippen LogP contribution in [0.25, 0.3) is 0 Å². The standard InChI is InChI=1S/C29H23NO3S/c1-2-29(31)33-21-5-3-4-20-32-26-14-10-24(11-15-26)13-17-28-19-18-27(34-28)16-12-23-6-8-25(22-30)9-7-23/h2,6-11,14-15,18-19H,1,3-5,20-21H2. The van der Waals surface area contributed by atoms with Crippen molar-refractivity contribution in [2.75, 3.05) is 13.2 Å². The number of hydrogen-bond acceptors (Lipinski definition) is 5. The van der Waals surface area contributed by atoms with Crippen LogP contribution in [-0.4, -0.2) is 19.2 Å². The summed E-state index contributed by atoms with van der Waals surface area (Å²) >= 11 is 1.55. The normalized spacial score (nSPS) is 9.50. The molecular formula is C29H23NO3S. The Morgan fingerprint density at radius 1 is 0.794 bits per heavy atom. The van der Waals surface area contributed by atoms with Crippen LogP contribution in [0.3, 0.4) is 0 Å². The number of ether oxygens (including phenoxy) is 2. The number of carbonyl (C=O) groups is 1. The van der Waals surface area contributed by atoms with Crippen molar-refractivity contribution in [3.05, 3.63) is 99.8 Å². The third-order valence-corrected chi connectivity index (χ3v) is 5.52. The van der Waals surface area contributed by atoms with E-state index in [1.165, 1.54) is 6.08 Å². The summed E-state index contributed by atoms with van der Waals surface area (Å²) in [6.07, 6.45) is 3.80. The van der Waals surface area contributed by atoms with Crippen molar-refractivity contribution in [1.82, 2.24) is 0 Å². The van der Waals surface area contributed by atoms with Crippen LogP contribution in [0.1, 0.15) is 45.7 Å². The van der Waals surface area contributed by atoms with Crippen molar-refractivity contribution < 1.29 is 14.3 Å². The fraction of sp³-hybridized carbons (Fsp3) is 0.172. The average molecular weight is 466 g/mol. The van der Waals surface area contributed by atoms with Crippen molar-refractivity contribution in [2.45, 2.75) is 19.3 Å². The van der Waals surface area contributed by atoms with Gasteiger partial charge in [-0.3, -0.25) is 0 Å². The molecule has 0 N–H and O–H groups in total. The molecule has 1 aromatic heterocycles. The number of thiophene rings is 1. The molecule has 2 aromatic carbocycles. The number of unbranched alkanes of at least 4 members (excludes halogenated alkanes) is 2. The Labute approximate surface area is 204 Å². The predicted molar refractivity (Wildman–Crippen MR) is 134 cm³/mol. The summed E-state index contributed by atoms with van der Waals surface area (Å²) in [5.41, 5.74) is 2.41. The van der Waals surface area contributed by atoms with Gasteiger partial charge >= 0.3 is 5.97 Å². The molecule has 0 unspecified atom stereocenters. The molecule has 0 bridgehead atoms. The molecule has 0 saturated carbocycles. The Kier molecular flexibility index (Phi) is 9.57. The lowest BCUT2D eigenvalue weighted by Gasteiger charge is -2.06. The van der Waals surface area contributed by atoms with E-state index in [9.17, 15) is 4.79 Å². The lowest BCUT2D eigenvalue weighted by molar-refractivity contribution is -0.137. The number of nitrogens with zero attached hydrogens (tertiary/aromatic N) is 1. The molecule has 0 fully saturated rings. The van der Waals surface area contributed by atoms with Crippen LogP contribution in [0.15, 0.2) is 73.3 Å². The second-order valence-corrected chi connectivity index (χ2v) is 8.24. The molecule has 1 heterocycles. The number of carbonyl (C=O) groups excluding carboxylic acids is 1. The van der Waals surface area contributed by atoms with Crippen molar-refractivity contribution in [2.24, 2.45) is 0 Å². The van der Waals surface area contributed by atoms with E-state index < -0.39 is 0 Å². The molecule has 34 heavy (non-hydrogen) atoms. The quantitative estimate of drug-likeness (QED) is 0.185. The minimum Gasteiger partial charge on any atom is -0.494 e. The third kappa shape index (κ3) is 8.36. The maximum absolute atomic E-state index is 10.9. The van der Waals surface area contributed by atoms with E-state index in [0.717, 1.165) is 45.9 Å². The van der Waals surface area contributed by atoms with Crippen LogP contribution in [-0.2, 0) is 9.53 Å². The molecule has 3 rings (SSSR count). The van der Waals surface area contributed by atoms with Crippen LogP contribution in [0, 0.1) is 35.0 Å². The average Bonchev–Trinajstić information content (AvgIpc) is 3.34. The van der Waals surface area contributed by atoms with Crippen molar-refractivity contribution in [1.29, 1.82) is 5.26 Å². The Morgan fingerprint density at radius 3 is 1.94 bits per heavy atom. The van der Waals surface area contributed by atoms with Crippen LogP contribution >= 0.6 is 11.3 Å². The van der Waals surface area contributed by atoms with Gasteiger partial charge in [0.1, 0.15) is 5.75 Å². The first-order valence-corrected chi connectivity index (χ1v) is 11.6. The van der Waals surface area contributed by atoms with Gasteiger partial charge in [-0.1, -0.05) is 30.3 Å². The van der Waals surface area contributed by atoms with Crippen LogP contribution in [0.5, 0.6) is 5.75 Å². The highest BCUT2D eigenvalue weighted by atomic mass is 32.1. The summed E-state index contributed by atoms with van der Waals surface area (Å²) in [6, 6.07) is 21.0. The number of hydrogen-bond donors (Lipinski definition) is 0. The Bertz CT molecular complexity index is 1270. The van der Waals surface area contributed by atoms with Gasteiger partial charge in [-0.15, -0.1) is 11.3 Å². The summed E-state index contributed by atoms with van der Waals surface area (Å²) in [5, 5.41) is 8.86. The summed E-state index contributed by atoms with van der Waals surface area (Å²) in [7, 11) is 0. The Hall–Kier alpha value is -4.24. The largest absolute Gasteiger partial charge is 0.494 e. The first kappa shape index (κ1) is 24.4. The SMILES string of the molecule is C=CC(=O)OCCCCCOc1ccc(C#Cc2ccc(C#Cc3ccc(C#N)cc3)s2)cc1. The van der Waals surface area contributed by atoms with Gasteiger partial charge in [0.05, 0.1) is 34.6 Å². The lowest BCUT2D eigenvalue weighted by Crippen LogP contribution is -2.03. The van der Waals surface area contributed by atoms with E-state index >= 15 is 0 Å². The van der Waals surface area contributed by atoms with E-state index in [1.54, 1.807) is 23.5 Å². The zero-order valence-corrected chi connectivity index (χ0v) is 19.5. The molecule has 0 amide bonds. The maximum Gasteiger partial charge on any atom is 0.330 e. The molecule has 168 valence electrons. The van der Waals surface area contributed by atoms with Gasteiger partial charge in [-0.05, 0) is 79.9 Å². The van der Waals surface area contributed by atoms with Crippen molar-refractivity contribution >= 4 is 17.3 Å². The molecule has 0 atom stereocenters. The molecule has 3 aromatic rings. The zero-order valence-electron chi connectivity index (χ0n) is 18.7. The molecule has 0 spiro atoms. The summed E-state index contributed by atoms with van der Waals surface area (Å²) in [4.78, 5) is 12.8. The fourth-order valence-corrected chi connectivity index (χ4v) is 3.52. The van der Waals surface area contributed by atoms with E-state index in [4.69, 9.17) is 14.7 Å². The summed E-state index contributed by atoms with van der Waals surface area (Å²) in [5.74, 6) is 13.0. The smallest absolute Gasteiger partial charge is 0.330 e. The van der Waals surface area contributed by atoms with Crippen LogP contribution < -0.4 is 4.74 Å². The second kappa shape index (κ2) is 13.3. The fourth-order valence-electron chi connectivity index (χ4n) is 2.80. The molecular weight excluding hydrogens is 442 g/mol. The molecule has 0 radical (unpaired) electrons.